The van der Waals surface area contributed by atoms with Crippen molar-refractivity contribution in [2.24, 2.45) is 28.1 Å². The molecule has 0 aromatic heterocycles. The number of fused-ring (bicyclic) bond motifs is 3. The number of rotatable bonds is 11. The maximum atomic E-state index is 14.3. The first-order chi connectivity index (χ1) is 31.1. The lowest BCUT2D eigenvalue weighted by molar-refractivity contribution is -0.398. The standard InChI is InChI=1S/C44H70O22/c1-17-12-43-10-6-22-41(3,8-5-9-42(22,4)40(58)65-38-33(57)30(54)26(50)20(14-46)61-38)23(43)7-11-44(17,16-43)66-39-35(64-36-31(55)28(52)24(48)18(2)59-36)34(27(51)21(15-47)62-39)63-37-32(56)29(53)25(49)19(13-45)60-37/h18-39,45-57H,1,5-16H2,2-4H3/t18-,19-,20+,21-,22+,23+,24-,25-,26+,27-,28+,29+,30+,31-,32-,33+,34+,35-,36+,37+,38-,39+,41+,42+,43-,44+/m0/s1. The summed E-state index contributed by atoms with van der Waals surface area (Å²) in [6.07, 6.45) is -27.4. The van der Waals surface area contributed by atoms with Crippen LogP contribution >= 0.6 is 0 Å². The molecule has 0 radical (unpaired) electrons. The van der Waals surface area contributed by atoms with Crippen LogP contribution in [-0.4, -0.2) is 221 Å². The molecule has 13 N–H and O–H groups in total. The van der Waals surface area contributed by atoms with Gasteiger partial charge in [0.25, 0.3) is 0 Å². The number of hydrogen-bond donors (Lipinski definition) is 13. The van der Waals surface area contributed by atoms with Gasteiger partial charge >= 0.3 is 5.97 Å². The fourth-order valence-corrected chi connectivity index (χ4v) is 13.4. The molecule has 22 nitrogen and oxygen atoms in total. The molecule has 4 heterocycles. The van der Waals surface area contributed by atoms with Crippen LogP contribution in [-0.2, 0) is 42.7 Å². The smallest absolute Gasteiger partial charge is 0.314 e. The minimum Gasteiger partial charge on any atom is -0.432 e. The Bertz CT molecular complexity index is 1740. The number of aliphatic hydroxyl groups is 13. The minimum absolute atomic E-state index is 0.0493. The van der Waals surface area contributed by atoms with Crippen molar-refractivity contribution >= 4 is 5.97 Å². The maximum Gasteiger partial charge on any atom is 0.314 e. The Hall–Kier alpha value is -1.59. The highest BCUT2D eigenvalue weighted by molar-refractivity contribution is 5.77. The van der Waals surface area contributed by atoms with Crippen LogP contribution in [0, 0.1) is 28.1 Å². The molecule has 1 spiro atoms. The van der Waals surface area contributed by atoms with Gasteiger partial charge < -0.3 is 104 Å². The van der Waals surface area contributed by atoms with Gasteiger partial charge in [0.05, 0.1) is 36.9 Å². The van der Waals surface area contributed by atoms with Crippen molar-refractivity contribution in [2.45, 2.75) is 207 Å². The summed E-state index contributed by atoms with van der Waals surface area (Å²) in [5, 5.41) is 137. The van der Waals surface area contributed by atoms with Crippen molar-refractivity contribution in [3.63, 3.8) is 0 Å². The SMILES string of the molecule is C=C1C[C@]23CC[C@@H]4[C@@](C)(CCC[C@@]4(C)C(=O)O[C@@H]4O[C@H](CO)[C@@H](O)[C@@H](O)[C@H]4O)[C@H]2CC[C@@]1(O[C@H]1O[C@@H](CO)[C@H](O)[C@@H](O[C@H]2O[C@@H](CO)[C@H](O)[C@@H](O)[C@@H]2O)[C@@H]1O[C@H]1O[C@@H](C)[C@H](O)[C@@H](O)[C@@H]1O)C3. The molecule has 4 aliphatic carbocycles. The molecule has 0 unspecified atom stereocenters. The largest absolute Gasteiger partial charge is 0.432 e. The second-order valence-electron chi connectivity index (χ2n) is 20.8. The van der Waals surface area contributed by atoms with Crippen molar-refractivity contribution < 1.29 is 109 Å². The Morgan fingerprint density at radius 2 is 1.12 bits per heavy atom. The van der Waals surface area contributed by atoms with E-state index in [9.17, 15) is 71.2 Å². The molecule has 0 aromatic carbocycles. The number of hydrogen-bond acceptors (Lipinski definition) is 22. The Morgan fingerprint density at radius 3 is 1.74 bits per heavy atom. The van der Waals surface area contributed by atoms with E-state index in [-0.39, 0.29) is 17.3 Å². The van der Waals surface area contributed by atoms with Crippen molar-refractivity contribution in [3.8, 4) is 0 Å². The van der Waals surface area contributed by atoms with Gasteiger partial charge in [-0.2, -0.15) is 0 Å². The Morgan fingerprint density at radius 1 is 0.606 bits per heavy atom. The van der Waals surface area contributed by atoms with Gasteiger partial charge in [0.1, 0.15) is 91.6 Å². The molecule has 8 rings (SSSR count). The lowest BCUT2D eigenvalue weighted by Crippen LogP contribution is -2.67. The van der Waals surface area contributed by atoms with Crippen LogP contribution < -0.4 is 0 Å². The molecular weight excluding hydrogens is 880 g/mol. The molecule has 0 aromatic rings. The molecule has 22 heteroatoms. The summed E-state index contributed by atoms with van der Waals surface area (Å²) in [4.78, 5) is 14.3. The lowest BCUT2D eigenvalue weighted by Gasteiger charge is -2.64. The van der Waals surface area contributed by atoms with Gasteiger partial charge in [-0.1, -0.05) is 19.9 Å². The van der Waals surface area contributed by atoms with E-state index in [0.717, 1.165) is 12.0 Å². The van der Waals surface area contributed by atoms with Crippen LogP contribution in [0.4, 0.5) is 0 Å². The average Bonchev–Trinajstić information content (AvgIpc) is 3.48. The predicted octanol–water partition coefficient (Wildman–Crippen LogP) is -4.09. The molecule has 4 aliphatic heterocycles. The molecule has 378 valence electrons. The van der Waals surface area contributed by atoms with Gasteiger partial charge in [0, 0.05) is 0 Å². The third-order valence-corrected chi connectivity index (χ3v) is 17.0. The summed E-state index contributed by atoms with van der Waals surface area (Å²) < 4.78 is 48.4. The molecule has 4 saturated heterocycles. The van der Waals surface area contributed by atoms with E-state index < -0.39 is 165 Å². The van der Waals surface area contributed by atoms with Crippen molar-refractivity contribution in [2.75, 3.05) is 19.8 Å². The summed E-state index contributed by atoms with van der Waals surface area (Å²) in [7, 11) is 0. The van der Waals surface area contributed by atoms with Gasteiger partial charge in [0.2, 0.25) is 6.29 Å². The summed E-state index contributed by atoms with van der Waals surface area (Å²) in [6, 6.07) is 0. The van der Waals surface area contributed by atoms with Gasteiger partial charge in [-0.3, -0.25) is 4.79 Å². The topological polar surface area (TPSA) is 354 Å². The summed E-state index contributed by atoms with van der Waals surface area (Å²) >= 11 is 0. The maximum absolute atomic E-state index is 14.3. The third-order valence-electron chi connectivity index (χ3n) is 17.0. The van der Waals surface area contributed by atoms with Gasteiger partial charge in [-0.25, -0.2) is 0 Å². The second-order valence-corrected chi connectivity index (χ2v) is 20.8. The van der Waals surface area contributed by atoms with E-state index in [0.29, 0.717) is 51.4 Å². The molecule has 66 heavy (non-hydrogen) atoms. The van der Waals surface area contributed by atoms with Gasteiger partial charge in [0.15, 0.2) is 18.9 Å². The zero-order valence-electron chi connectivity index (χ0n) is 37.4. The highest BCUT2D eigenvalue weighted by Crippen LogP contribution is 2.73. The zero-order chi connectivity index (χ0) is 48.0. The number of ether oxygens (including phenoxy) is 8. The van der Waals surface area contributed by atoms with E-state index >= 15 is 0 Å². The van der Waals surface area contributed by atoms with Crippen LogP contribution in [0.2, 0.25) is 0 Å². The van der Waals surface area contributed by atoms with E-state index in [2.05, 4.69) is 13.5 Å². The van der Waals surface area contributed by atoms with Crippen LogP contribution in [0.3, 0.4) is 0 Å². The zero-order valence-corrected chi connectivity index (χ0v) is 37.4. The van der Waals surface area contributed by atoms with Gasteiger partial charge in [-0.15, -0.1) is 0 Å². The molecule has 0 amide bonds. The first-order valence-electron chi connectivity index (χ1n) is 23.2. The highest BCUT2D eigenvalue weighted by Gasteiger charge is 2.70. The number of aliphatic hydroxyl groups excluding tert-OH is 13. The summed E-state index contributed by atoms with van der Waals surface area (Å²) in [6.45, 7) is 7.77. The molecule has 4 saturated carbocycles. The first kappa shape index (κ1) is 50.8. The molecule has 2 bridgehead atoms. The Kier molecular flexibility index (Phi) is 14.5. The van der Waals surface area contributed by atoms with E-state index in [4.69, 9.17) is 37.9 Å². The summed E-state index contributed by atoms with van der Waals surface area (Å²) in [5.74, 6) is -0.750. The molecule has 8 aliphatic rings. The fourth-order valence-electron chi connectivity index (χ4n) is 13.4. The molecular formula is C44H70O22. The summed E-state index contributed by atoms with van der Waals surface area (Å²) in [5.41, 5.74) is -2.19. The van der Waals surface area contributed by atoms with Crippen LogP contribution in [0.5, 0.6) is 0 Å². The predicted molar refractivity (Wildman–Crippen MR) is 218 cm³/mol. The Labute approximate surface area is 381 Å². The van der Waals surface area contributed by atoms with Gasteiger partial charge in [-0.05, 0) is 93.5 Å². The van der Waals surface area contributed by atoms with Crippen molar-refractivity contribution in [1.29, 1.82) is 0 Å². The quantitative estimate of drug-likeness (QED) is 0.0532. The Balaban J connectivity index is 1.06. The monoisotopic (exact) mass is 950 g/mol. The lowest BCUT2D eigenvalue weighted by atomic mass is 9.41. The van der Waals surface area contributed by atoms with Crippen molar-refractivity contribution in [3.05, 3.63) is 12.2 Å². The van der Waals surface area contributed by atoms with Crippen molar-refractivity contribution in [1.82, 2.24) is 0 Å². The second kappa shape index (κ2) is 18.9. The van der Waals surface area contributed by atoms with Crippen LogP contribution in [0.1, 0.15) is 78.6 Å². The van der Waals surface area contributed by atoms with Crippen LogP contribution in [0.15, 0.2) is 12.2 Å². The number of carbonyl (C=O) groups is 1. The average molecular weight is 951 g/mol. The van der Waals surface area contributed by atoms with E-state index in [1.54, 1.807) is 0 Å². The normalized spacial score (nSPS) is 55.2. The van der Waals surface area contributed by atoms with E-state index in [1.165, 1.54) is 6.92 Å². The number of carbonyl (C=O) groups excluding carboxylic acids is 1. The first-order valence-corrected chi connectivity index (χ1v) is 23.2. The number of esters is 1. The molecule has 26 atom stereocenters. The minimum atomic E-state index is -1.92. The third kappa shape index (κ3) is 8.30. The van der Waals surface area contributed by atoms with E-state index in [1.807, 2.05) is 6.92 Å². The highest BCUT2D eigenvalue weighted by atomic mass is 16.8. The van der Waals surface area contributed by atoms with Crippen LogP contribution in [0.25, 0.3) is 0 Å². The molecule has 8 fully saturated rings. The fraction of sp³-hybridized carbons (Fsp3) is 0.932.